The molecule has 0 fully saturated rings. The summed E-state index contributed by atoms with van der Waals surface area (Å²) in [6.45, 7) is 3.76. The molecule has 0 atom stereocenters. The van der Waals surface area contributed by atoms with Crippen LogP contribution in [-0.4, -0.2) is 9.97 Å². The molecule has 0 bridgehead atoms. The van der Waals surface area contributed by atoms with E-state index in [9.17, 15) is 4.79 Å². The van der Waals surface area contributed by atoms with Crippen LogP contribution < -0.4 is 5.56 Å². The Bertz CT molecular complexity index is 650. The number of rotatable bonds is 2. The number of hydrogen-bond acceptors (Lipinski definition) is 2. The Morgan fingerprint density at radius 2 is 2.00 bits per heavy atom. The van der Waals surface area contributed by atoms with Crippen molar-refractivity contribution in [3.8, 4) is 11.4 Å². The molecule has 0 radical (unpaired) electrons. The summed E-state index contributed by atoms with van der Waals surface area (Å²) in [5.74, 6) is 0.508. The van der Waals surface area contributed by atoms with Crippen molar-refractivity contribution in [1.82, 2.24) is 9.97 Å². The number of benzene rings is 1. The van der Waals surface area contributed by atoms with Crippen molar-refractivity contribution in [1.29, 1.82) is 0 Å². The van der Waals surface area contributed by atoms with Gasteiger partial charge in [0.1, 0.15) is 5.82 Å². The number of aryl methyl sites for hydroxylation is 1. The third-order valence-electron chi connectivity index (χ3n) is 2.77. The molecule has 2 rings (SSSR count). The zero-order valence-corrected chi connectivity index (χ0v) is 11.6. The van der Waals surface area contributed by atoms with Crippen LogP contribution in [0.4, 0.5) is 0 Å². The third-order valence-corrected chi connectivity index (χ3v) is 3.51. The number of aromatic nitrogens is 2. The maximum Gasteiger partial charge on any atom is 0.254 e. The van der Waals surface area contributed by atoms with E-state index in [4.69, 9.17) is 23.2 Å². The van der Waals surface area contributed by atoms with Gasteiger partial charge in [-0.2, -0.15) is 0 Å². The fourth-order valence-corrected chi connectivity index (χ4v) is 2.11. The highest BCUT2D eigenvalue weighted by Gasteiger charge is 2.09. The zero-order valence-electron chi connectivity index (χ0n) is 10.1. The predicted octanol–water partition coefficient (Wildman–Crippen LogP) is 3.61. The Labute approximate surface area is 115 Å². The van der Waals surface area contributed by atoms with E-state index >= 15 is 0 Å². The standard InChI is InChI=1S/C13H12Cl2N2O/c1-3-9-7(2)16-12(17-13(9)18)8-4-5-10(14)11(15)6-8/h4-6H,3H2,1-2H3,(H,16,17,18). The quantitative estimate of drug-likeness (QED) is 0.915. The van der Waals surface area contributed by atoms with E-state index < -0.39 is 0 Å². The molecule has 3 nitrogen and oxygen atoms in total. The predicted molar refractivity (Wildman–Crippen MR) is 74.4 cm³/mol. The van der Waals surface area contributed by atoms with Crippen LogP contribution in [0.3, 0.4) is 0 Å². The van der Waals surface area contributed by atoms with E-state index in [0.717, 1.165) is 11.3 Å². The zero-order chi connectivity index (χ0) is 13.3. The van der Waals surface area contributed by atoms with Crippen LogP contribution in [-0.2, 0) is 6.42 Å². The first-order valence-corrected chi connectivity index (χ1v) is 6.33. The van der Waals surface area contributed by atoms with Gasteiger partial charge >= 0.3 is 0 Å². The van der Waals surface area contributed by atoms with E-state index in [0.29, 0.717) is 27.9 Å². The molecule has 0 amide bonds. The molecule has 1 heterocycles. The van der Waals surface area contributed by atoms with Gasteiger partial charge in [0.05, 0.1) is 10.0 Å². The summed E-state index contributed by atoms with van der Waals surface area (Å²) in [5.41, 5.74) is 2.08. The molecule has 2 aromatic rings. The van der Waals surface area contributed by atoms with Crippen LogP contribution >= 0.6 is 23.2 Å². The fourth-order valence-electron chi connectivity index (χ4n) is 1.81. The minimum atomic E-state index is -0.105. The second-order valence-electron chi connectivity index (χ2n) is 3.96. The molecule has 1 N–H and O–H groups in total. The molecule has 18 heavy (non-hydrogen) atoms. The second-order valence-corrected chi connectivity index (χ2v) is 4.78. The minimum absolute atomic E-state index is 0.105. The highest BCUT2D eigenvalue weighted by Crippen LogP contribution is 2.26. The molecule has 0 aliphatic carbocycles. The first kappa shape index (κ1) is 13.1. The topological polar surface area (TPSA) is 45.8 Å². The lowest BCUT2D eigenvalue weighted by atomic mass is 10.1. The normalized spacial score (nSPS) is 10.7. The Balaban J connectivity index is 2.58. The average molecular weight is 283 g/mol. The van der Waals surface area contributed by atoms with Crippen molar-refractivity contribution in [2.75, 3.05) is 0 Å². The molecule has 94 valence electrons. The Hall–Kier alpha value is -1.32. The molecule has 0 aliphatic heterocycles. The van der Waals surface area contributed by atoms with Crippen molar-refractivity contribution in [3.05, 3.63) is 49.9 Å². The van der Waals surface area contributed by atoms with E-state index in [2.05, 4.69) is 9.97 Å². The van der Waals surface area contributed by atoms with Gasteiger partial charge in [0, 0.05) is 16.8 Å². The molecule has 0 saturated heterocycles. The lowest BCUT2D eigenvalue weighted by Crippen LogP contribution is -2.16. The molecule has 1 aromatic heterocycles. The van der Waals surface area contributed by atoms with E-state index in [1.54, 1.807) is 18.2 Å². The van der Waals surface area contributed by atoms with Crippen LogP contribution in [0.15, 0.2) is 23.0 Å². The van der Waals surface area contributed by atoms with Crippen LogP contribution in [0.5, 0.6) is 0 Å². The fraction of sp³-hybridized carbons (Fsp3) is 0.231. The molecule has 0 unspecified atom stereocenters. The second kappa shape index (κ2) is 5.12. The van der Waals surface area contributed by atoms with E-state index in [1.165, 1.54) is 0 Å². The summed E-state index contributed by atoms with van der Waals surface area (Å²) in [6, 6.07) is 5.15. The number of aromatic amines is 1. The highest BCUT2D eigenvalue weighted by molar-refractivity contribution is 6.42. The summed E-state index contributed by atoms with van der Waals surface area (Å²) in [7, 11) is 0. The largest absolute Gasteiger partial charge is 0.306 e. The smallest absolute Gasteiger partial charge is 0.254 e. The number of nitrogens with one attached hydrogen (secondary N) is 1. The minimum Gasteiger partial charge on any atom is -0.306 e. The highest BCUT2D eigenvalue weighted by atomic mass is 35.5. The molecule has 0 saturated carbocycles. The van der Waals surface area contributed by atoms with Gasteiger partial charge in [-0.3, -0.25) is 4.79 Å². The van der Waals surface area contributed by atoms with Gasteiger partial charge in [-0.15, -0.1) is 0 Å². The third kappa shape index (κ3) is 2.42. The van der Waals surface area contributed by atoms with Crippen molar-refractivity contribution >= 4 is 23.2 Å². The number of H-pyrrole nitrogens is 1. The van der Waals surface area contributed by atoms with Gasteiger partial charge in [0.15, 0.2) is 0 Å². The summed E-state index contributed by atoms with van der Waals surface area (Å²) in [6.07, 6.45) is 0.663. The van der Waals surface area contributed by atoms with E-state index in [-0.39, 0.29) is 5.56 Å². The Morgan fingerprint density at radius 1 is 1.28 bits per heavy atom. The monoisotopic (exact) mass is 282 g/mol. The van der Waals surface area contributed by atoms with Gasteiger partial charge < -0.3 is 4.98 Å². The molecular formula is C13H12Cl2N2O. The van der Waals surface area contributed by atoms with Gasteiger partial charge in [-0.05, 0) is 31.5 Å². The molecule has 5 heteroatoms. The lowest BCUT2D eigenvalue weighted by Gasteiger charge is -2.06. The maximum absolute atomic E-state index is 11.9. The van der Waals surface area contributed by atoms with Crippen LogP contribution in [0.2, 0.25) is 10.0 Å². The first-order valence-electron chi connectivity index (χ1n) is 5.58. The van der Waals surface area contributed by atoms with Gasteiger partial charge in [-0.1, -0.05) is 30.1 Å². The molecule has 0 spiro atoms. The van der Waals surface area contributed by atoms with Gasteiger partial charge in [0.2, 0.25) is 0 Å². The van der Waals surface area contributed by atoms with Crippen LogP contribution in [0.1, 0.15) is 18.2 Å². The summed E-state index contributed by atoms with van der Waals surface area (Å²) >= 11 is 11.8. The molecule has 0 aliphatic rings. The lowest BCUT2D eigenvalue weighted by molar-refractivity contribution is 0.968. The summed E-state index contributed by atoms with van der Waals surface area (Å²) in [4.78, 5) is 19.0. The Kier molecular flexibility index (Phi) is 3.73. The van der Waals surface area contributed by atoms with Crippen LogP contribution in [0.25, 0.3) is 11.4 Å². The number of halogens is 2. The SMILES string of the molecule is CCc1c(C)nc(-c2ccc(Cl)c(Cl)c2)[nH]c1=O. The maximum atomic E-state index is 11.9. The number of nitrogens with zero attached hydrogens (tertiary/aromatic N) is 1. The summed E-state index contributed by atoms with van der Waals surface area (Å²) < 4.78 is 0. The van der Waals surface area contributed by atoms with Gasteiger partial charge in [0.25, 0.3) is 5.56 Å². The first-order chi connectivity index (χ1) is 8.52. The van der Waals surface area contributed by atoms with Crippen LogP contribution in [0, 0.1) is 6.92 Å². The summed E-state index contributed by atoms with van der Waals surface area (Å²) in [5, 5.41) is 0.915. The molecule has 1 aromatic carbocycles. The van der Waals surface area contributed by atoms with Crippen molar-refractivity contribution in [2.45, 2.75) is 20.3 Å². The van der Waals surface area contributed by atoms with Crippen molar-refractivity contribution in [3.63, 3.8) is 0 Å². The molecular weight excluding hydrogens is 271 g/mol. The van der Waals surface area contributed by atoms with Gasteiger partial charge in [-0.25, -0.2) is 4.98 Å². The number of hydrogen-bond donors (Lipinski definition) is 1. The van der Waals surface area contributed by atoms with Crippen molar-refractivity contribution < 1.29 is 0 Å². The van der Waals surface area contributed by atoms with Crippen molar-refractivity contribution in [2.24, 2.45) is 0 Å². The average Bonchev–Trinajstić information content (AvgIpc) is 2.32. The van der Waals surface area contributed by atoms with E-state index in [1.807, 2.05) is 13.8 Å². The Morgan fingerprint density at radius 3 is 2.56 bits per heavy atom.